The minimum absolute atomic E-state index is 0.118. The second kappa shape index (κ2) is 13.2. The maximum absolute atomic E-state index is 12.8. The number of carbonyl (C=O) groups is 2. The van der Waals surface area contributed by atoms with Crippen molar-refractivity contribution in [2.24, 2.45) is 13.0 Å². The van der Waals surface area contributed by atoms with E-state index in [0.29, 0.717) is 24.8 Å². The molecular formula is C29H38N8O4. The normalized spacial score (nSPS) is 16.7. The fraction of sp³-hybridized carbons (Fsp3) is 0.517. The lowest BCUT2D eigenvalue weighted by atomic mass is 9.92. The van der Waals surface area contributed by atoms with E-state index in [2.05, 4.69) is 42.6 Å². The van der Waals surface area contributed by atoms with Crippen LogP contribution in [0.15, 0.2) is 36.8 Å². The number of hydrogen-bond acceptors (Lipinski definition) is 9. The molecular weight excluding hydrogens is 524 g/mol. The lowest BCUT2D eigenvalue weighted by molar-refractivity contribution is -0.130. The Balaban J connectivity index is 1.05. The van der Waals surface area contributed by atoms with Crippen LogP contribution in [0.25, 0.3) is 0 Å². The van der Waals surface area contributed by atoms with Gasteiger partial charge in [0.2, 0.25) is 5.91 Å². The molecule has 0 aliphatic carbocycles. The molecule has 0 saturated carbocycles. The number of aromatic nitrogens is 5. The number of benzene rings is 1. The maximum atomic E-state index is 12.8. The van der Waals surface area contributed by atoms with E-state index in [-0.39, 0.29) is 18.4 Å². The zero-order chi connectivity index (χ0) is 28.8. The summed E-state index contributed by atoms with van der Waals surface area (Å²) in [5, 5.41) is 21.3. The molecule has 4 heterocycles. The Labute approximate surface area is 239 Å². The van der Waals surface area contributed by atoms with Gasteiger partial charge in [0.15, 0.2) is 0 Å². The van der Waals surface area contributed by atoms with E-state index in [0.717, 1.165) is 69.0 Å². The first-order chi connectivity index (χ1) is 19.8. The maximum Gasteiger partial charge on any atom is 0.270 e. The average Bonchev–Trinajstić information content (AvgIpc) is 3.39. The first-order valence-electron chi connectivity index (χ1n) is 14.2. The third-order valence-electron chi connectivity index (χ3n) is 7.95. The molecule has 2 amide bonds. The van der Waals surface area contributed by atoms with E-state index in [9.17, 15) is 14.7 Å². The van der Waals surface area contributed by atoms with Crippen LogP contribution >= 0.6 is 0 Å². The number of aryl methyl sites for hydroxylation is 1. The molecule has 0 spiro atoms. The summed E-state index contributed by atoms with van der Waals surface area (Å²) in [5.74, 6) is 1.04. The van der Waals surface area contributed by atoms with Crippen molar-refractivity contribution in [3.63, 3.8) is 0 Å². The molecule has 218 valence electrons. The van der Waals surface area contributed by atoms with Gasteiger partial charge in [-0.1, -0.05) is 11.3 Å². The summed E-state index contributed by atoms with van der Waals surface area (Å²) in [6, 6.07) is 7.85. The third kappa shape index (κ3) is 7.65. The number of nitrogens with one attached hydrogen (secondary N) is 1. The molecule has 2 N–H and O–H groups in total. The number of piperidine rings is 1. The Hall–Kier alpha value is -3.90. The molecule has 2 aliphatic heterocycles. The van der Waals surface area contributed by atoms with Gasteiger partial charge in [-0.05, 0) is 60.9 Å². The van der Waals surface area contributed by atoms with E-state index in [4.69, 9.17) is 4.74 Å². The van der Waals surface area contributed by atoms with Gasteiger partial charge in [0.25, 0.3) is 5.91 Å². The number of β-amino-alcohol motifs (C(OH)–C–C–N with tert-alkyl or cyclic N) is 1. The third-order valence-corrected chi connectivity index (χ3v) is 7.95. The quantitative estimate of drug-likeness (QED) is 0.372. The number of amides is 2. The minimum Gasteiger partial charge on any atom is -0.487 e. The van der Waals surface area contributed by atoms with Gasteiger partial charge in [-0.2, -0.15) is 0 Å². The number of aliphatic hydroxyl groups excluding tert-OH is 1. The van der Waals surface area contributed by atoms with Crippen molar-refractivity contribution in [2.75, 3.05) is 32.7 Å². The van der Waals surface area contributed by atoms with E-state index in [1.54, 1.807) is 23.9 Å². The minimum atomic E-state index is -0.705. The number of ether oxygens (including phenoxy) is 1. The van der Waals surface area contributed by atoms with Gasteiger partial charge in [-0.3, -0.25) is 14.5 Å². The van der Waals surface area contributed by atoms with Crippen molar-refractivity contribution < 1.29 is 19.4 Å². The first-order valence-corrected chi connectivity index (χ1v) is 14.2. The summed E-state index contributed by atoms with van der Waals surface area (Å²) in [4.78, 5) is 36.9. The molecule has 0 unspecified atom stereocenters. The molecule has 1 saturated heterocycles. The van der Waals surface area contributed by atoms with Gasteiger partial charge < -0.3 is 20.1 Å². The number of aliphatic hydroxyl groups is 1. The fourth-order valence-electron chi connectivity index (χ4n) is 5.48. The van der Waals surface area contributed by atoms with Crippen molar-refractivity contribution in [1.82, 2.24) is 40.1 Å². The number of carbonyl (C=O) groups excluding carboxylic acids is 2. The lowest BCUT2D eigenvalue weighted by Gasteiger charge is -2.31. The van der Waals surface area contributed by atoms with Crippen LogP contribution in [-0.4, -0.2) is 90.5 Å². The second-order valence-electron chi connectivity index (χ2n) is 11.0. The van der Waals surface area contributed by atoms with Gasteiger partial charge in [0.05, 0.1) is 18.0 Å². The molecule has 41 heavy (non-hydrogen) atoms. The fourth-order valence-corrected chi connectivity index (χ4v) is 5.48. The molecule has 12 nitrogen and oxygen atoms in total. The van der Waals surface area contributed by atoms with Crippen LogP contribution in [0.4, 0.5) is 0 Å². The van der Waals surface area contributed by atoms with E-state index >= 15 is 0 Å². The van der Waals surface area contributed by atoms with Gasteiger partial charge >= 0.3 is 0 Å². The predicted molar refractivity (Wildman–Crippen MR) is 150 cm³/mol. The highest BCUT2D eigenvalue weighted by Crippen LogP contribution is 2.25. The Bertz CT molecular complexity index is 1350. The van der Waals surface area contributed by atoms with Crippen molar-refractivity contribution in [1.29, 1.82) is 0 Å². The summed E-state index contributed by atoms with van der Waals surface area (Å²) in [7, 11) is 1.84. The summed E-state index contributed by atoms with van der Waals surface area (Å²) >= 11 is 0. The van der Waals surface area contributed by atoms with Crippen LogP contribution in [0.5, 0.6) is 5.75 Å². The van der Waals surface area contributed by atoms with Crippen LogP contribution in [0, 0.1) is 5.92 Å². The van der Waals surface area contributed by atoms with E-state index in [1.807, 2.05) is 18.0 Å². The SMILES string of the molecule is CC(=O)N1CCC(Cc2cc(C(=O)NC[C@H](O)CN3CCc4cc(OCc5cnnn5C)ccc4C3)ncn2)CC1. The standard InChI is InChI=1S/C29H38N8O4/c1-20(38)37-9-5-21(6-10-37)11-24-13-28(32-19-31-24)29(40)30-15-26(39)17-36-8-7-22-12-27(4-3-23(22)16-36)41-18-25-14-33-34-35(25)2/h3-4,12-14,19,21,26,39H,5-11,15-18H2,1-2H3,(H,30,40)/t26-/m0/s1. The zero-order valence-corrected chi connectivity index (χ0v) is 23.7. The number of likely N-dealkylation sites (tertiary alicyclic amines) is 1. The Morgan fingerprint density at radius 3 is 2.73 bits per heavy atom. The largest absolute Gasteiger partial charge is 0.487 e. The first kappa shape index (κ1) is 28.6. The van der Waals surface area contributed by atoms with Gasteiger partial charge in [-0.15, -0.1) is 5.10 Å². The molecule has 0 bridgehead atoms. The van der Waals surface area contributed by atoms with Crippen LogP contribution in [0.1, 0.15) is 52.8 Å². The molecule has 2 aliphatic rings. The lowest BCUT2D eigenvalue weighted by Crippen LogP contribution is -2.42. The zero-order valence-electron chi connectivity index (χ0n) is 23.7. The molecule has 3 aromatic rings. The van der Waals surface area contributed by atoms with Crippen LogP contribution in [-0.2, 0) is 37.8 Å². The summed E-state index contributed by atoms with van der Waals surface area (Å²) in [5.41, 5.74) is 4.48. The van der Waals surface area contributed by atoms with Crippen LogP contribution in [0.3, 0.4) is 0 Å². The number of nitrogens with zero attached hydrogens (tertiary/aromatic N) is 7. The smallest absolute Gasteiger partial charge is 0.270 e. The number of rotatable bonds is 10. The summed E-state index contributed by atoms with van der Waals surface area (Å²) in [6.45, 7) is 5.68. The Kier molecular flexibility index (Phi) is 9.20. The second-order valence-corrected chi connectivity index (χ2v) is 11.0. The molecule has 5 rings (SSSR count). The molecule has 1 atom stereocenters. The van der Waals surface area contributed by atoms with Gasteiger partial charge in [0, 0.05) is 58.9 Å². The molecule has 1 fully saturated rings. The van der Waals surface area contributed by atoms with E-state index in [1.165, 1.54) is 17.5 Å². The van der Waals surface area contributed by atoms with Crippen LogP contribution < -0.4 is 10.1 Å². The highest BCUT2D eigenvalue weighted by molar-refractivity contribution is 5.92. The van der Waals surface area contributed by atoms with Crippen molar-refractivity contribution in [2.45, 2.75) is 51.9 Å². The predicted octanol–water partition coefficient (Wildman–Crippen LogP) is 1.13. The number of hydrogen-bond donors (Lipinski definition) is 2. The Morgan fingerprint density at radius 2 is 1.98 bits per heavy atom. The molecule has 0 radical (unpaired) electrons. The van der Waals surface area contributed by atoms with Crippen molar-refractivity contribution in [3.8, 4) is 5.75 Å². The Morgan fingerprint density at radius 1 is 1.15 bits per heavy atom. The summed E-state index contributed by atoms with van der Waals surface area (Å²) < 4.78 is 7.61. The average molecular weight is 563 g/mol. The van der Waals surface area contributed by atoms with Gasteiger partial charge in [0.1, 0.15) is 24.4 Å². The number of fused-ring (bicyclic) bond motifs is 1. The van der Waals surface area contributed by atoms with Gasteiger partial charge in [-0.25, -0.2) is 14.6 Å². The van der Waals surface area contributed by atoms with E-state index < -0.39 is 6.10 Å². The molecule has 1 aromatic carbocycles. The monoisotopic (exact) mass is 562 g/mol. The molecule has 2 aromatic heterocycles. The molecule has 12 heteroatoms. The summed E-state index contributed by atoms with van der Waals surface area (Å²) in [6.07, 6.45) is 5.87. The van der Waals surface area contributed by atoms with Crippen molar-refractivity contribution >= 4 is 11.8 Å². The van der Waals surface area contributed by atoms with Crippen molar-refractivity contribution in [3.05, 3.63) is 65.0 Å². The highest BCUT2D eigenvalue weighted by Gasteiger charge is 2.23. The highest BCUT2D eigenvalue weighted by atomic mass is 16.5. The van der Waals surface area contributed by atoms with Crippen LogP contribution in [0.2, 0.25) is 0 Å². The topological polar surface area (TPSA) is 139 Å².